The fraction of sp³-hybridized carbons (Fsp3) is 0.182. The Kier molecular flexibility index (Phi) is 4.49. The van der Waals surface area contributed by atoms with E-state index in [-0.39, 0.29) is 24.4 Å². The molecule has 0 atom stereocenters. The van der Waals surface area contributed by atoms with Gasteiger partial charge in [-0.2, -0.15) is 0 Å². The molecule has 1 N–H and O–H groups in total. The van der Waals surface area contributed by atoms with Crippen LogP contribution in [0.2, 0.25) is 5.02 Å². The zero-order valence-corrected chi connectivity index (χ0v) is 9.18. The van der Waals surface area contributed by atoms with Crippen LogP contribution in [-0.4, -0.2) is 10.9 Å². The van der Waals surface area contributed by atoms with Gasteiger partial charge in [0.05, 0.1) is 0 Å². The Morgan fingerprint density at radius 2 is 2.00 bits per heavy atom. The average Bonchev–Trinajstić information content (AvgIpc) is 2.27. The number of aliphatic hydroxyl groups is 1. The van der Waals surface area contributed by atoms with Gasteiger partial charge in [-0.05, 0) is 24.3 Å². The van der Waals surface area contributed by atoms with E-state index in [0.29, 0.717) is 10.6 Å². The zero-order chi connectivity index (χ0) is 12.0. The van der Waals surface area contributed by atoms with E-state index < -0.39 is 0 Å². The number of carbonyl (C=O) groups excluding carboxylic acids is 1. The number of diazo groups is 1. The van der Waals surface area contributed by atoms with Crippen LogP contribution in [0.1, 0.15) is 23.2 Å². The van der Waals surface area contributed by atoms with Crippen molar-refractivity contribution in [2.45, 2.75) is 12.8 Å². The first-order chi connectivity index (χ1) is 7.63. The van der Waals surface area contributed by atoms with Gasteiger partial charge in [-0.15, -0.1) is 0 Å². The molecule has 5 heteroatoms. The summed E-state index contributed by atoms with van der Waals surface area (Å²) in [5, 5.41) is 17.8. The normalized spacial score (nSPS) is 10.9. The van der Waals surface area contributed by atoms with E-state index >= 15 is 0 Å². The van der Waals surface area contributed by atoms with Crippen molar-refractivity contribution in [3.63, 3.8) is 0 Å². The Labute approximate surface area is 97.8 Å². The number of Topliss-reactive ketones (excluding diaryl/α,β-unsaturated/α-hetero) is 1. The van der Waals surface area contributed by atoms with Gasteiger partial charge in [-0.3, -0.25) is 4.79 Å². The molecule has 1 aromatic rings. The minimum Gasteiger partial charge on any atom is -0.505 e. The molecule has 0 unspecified atom stereocenters. The van der Waals surface area contributed by atoms with Gasteiger partial charge in [0.25, 0.3) is 0 Å². The third-order valence-electron chi connectivity index (χ3n) is 1.98. The van der Waals surface area contributed by atoms with Crippen LogP contribution in [0.3, 0.4) is 0 Å². The van der Waals surface area contributed by atoms with Gasteiger partial charge in [-0.25, -0.2) is 0 Å². The molecule has 0 amide bonds. The molecule has 4 nitrogen and oxygen atoms in total. The molecule has 0 aliphatic rings. The minimum absolute atomic E-state index is 0.102. The molecule has 0 saturated carbocycles. The molecule has 0 aliphatic heterocycles. The Balaban J connectivity index is 2.57. The van der Waals surface area contributed by atoms with Crippen LogP contribution in [0, 0.1) is 5.39 Å². The number of ketones is 1. The topological polar surface area (TPSA) is 65.4 Å². The summed E-state index contributed by atoms with van der Waals surface area (Å²) in [6, 6.07) is 6.52. The van der Waals surface area contributed by atoms with Crippen LogP contribution < -0.4 is 0 Å². The maximum absolute atomic E-state index is 11.6. The van der Waals surface area contributed by atoms with Crippen molar-refractivity contribution in [3.05, 3.63) is 51.8 Å². The molecule has 0 saturated heterocycles. The lowest BCUT2D eigenvalue weighted by atomic mass is 10.1. The van der Waals surface area contributed by atoms with Crippen LogP contribution in [0.15, 0.2) is 36.2 Å². The summed E-state index contributed by atoms with van der Waals surface area (Å²) >= 11 is 5.68. The van der Waals surface area contributed by atoms with E-state index in [1.807, 2.05) is 0 Å². The highest BCUT2D eigenvalue weighted by molar-refractivity contribution is 6.30. The first-order valence-corrected chi connectivity index (χ1v) is 5.02. The number of hydrogen-bond acceptors (Lipinski definition) is 3. The molecular weight excluding hydrogens is 228 g/mol. The number of benzene rings is 1. The SMILES string of the molecule is N#[N+]C=C(O)CCC(=O)c1ccc(Cl)cc1. The smallest absolute Gasteiger partial charge is 0.387 e. The largest absolute Gasteiger partial charge is 0.505 e. The summed E-state index contributed by atoms with van der Waals surface area (Å²) in [6.07, 6.45) is 1.19. The standard InChI is InChI=1S/C11H9ClN2O2/c12-9-3-1-8(2-4-9)11(16)6-5-10(15)7-14-13/h1-4,7H,5-6H2/p+1. The van der Waals surface area contributed by atoms with Crippen molar-refractivity contribution in [3.8, 4) is 0 Å². The molecule has 0 heterocycles. The molecular formula is C11H10ClN2O2+. The number of rotatable bonds is 4. The minimum atomic E-state index is -0.134. The van der Waals surface area contributed by atoms with Gasteiger partial charge in [0.15, 0.2) is 16.5 Å². The molecule has 0 radical (unpaired) electrons. The molecule has 0 aromatic heterocycles. The van der Waals surface area contributed by atoms with Crippen LogP contribution >= 0.6 is 11.6 Å². The third-order valence-corrected chi connectivity index (χ3v) is 2.23. The molecule has 1 aromatic carbocycles. The summed E-state index contributed by atoms with van der Waals surface area (Å²) in [5.41, 5.74) is 0.540. The third kappa shape index (κ3) is 3.71. The monoisotopic (exact) mass is 237 g/mol. The molecule has 82 valence electrons. The molecule has 0 spiro atoms. The van der Waals surface area contributed by atoms with Gasteiger partial charge in [0, 0.05) is 23.4 Å². The highest BCUT2D eigenvalue weighted by Crippen LogP contribution is 2.13. The maximum Gasteiger partial charge on any atom is 0.387 e. The molecule has 16 heavy (non-hydrogen) atoms. The van der Waals surface area contributed by atoms with Crippen molar-refractivity contribution < 1.29 is 9.90 Å². The number of carbonyl (C=O) groups is 1. The maximum atomic E-state index is 11.6. The first kappa shape index (κ1) is 12.2. The van der Waals surface area contributed by atoms with Crippen molar-refractivity contribution in [1.29, 1.82) is 5.39 Å². The van der Waals surface area contributed by atoms with Gasteiger partial charge in [0.1, 0.15) is 0 Å². The number of allylic oxidation sites excluding steroid dienone is 1. The molecule has 1 rings (SSSR count). The summed E-state index contributed by atoms with van der Waals surface area (Å²) in [5.74, 6) is -0.237. The lowest BCUT2D eigenvalue weighted by molar-refractivity contribution is 0.0978. The summed E-state index contributed by atoms with van der Waals surface area (Å²) in [4.78, 5) is 14.2. The highest BCUT2D eigenvalue weighted by Gasteiger charge is 2.08. The fourth-order valence-corrected chi connectivity index (χ4v) is 1.28. The summed E-state index contributed by atoms with van der Waals surface area (Å²) < 4.78 is 0. The molecule has 0 bridgehead atoms. The van der Waals surface area contributed by atoms with Crippen LogP contribution in [0.4, 0.5) is 0 Å². The molecule has 0 aliphatic carbocycles. The van der Waals surface area contributed by atoms with Crippen LogP contribution in [0.5, 0.6) is 0 Å². The second-order valence-electron chi connectivity index (χ2n) is 3.17. The average molecular weight is 238 g/mol. The predicted octanol–water partition coefficient (Wildman–Crippen LogP) is 3.56. The lowest BCUT2D eigenvalue weighted by Gasteiger charge is -1.99. The quantitative estimate of drug-likeness (QED) is 0.495. The van der Waals surface area contributed by atoms with E-state index in [0.717, 1.165) is 6.20 Å². The Hall–Kier alpha value is -1.86. The lowest BCUT2D eigenvalue weighted by Crippen LogP contribution is -1.99. The second kappa shape index (κ2) is 5.89. The highest BCUT2D eigenvalue weighted by atomic mass is 35.5. The van der Waals surface area contributed by atoms with E-state index in [1.165, 1.54) is 0 Å². The summed E-state index contributed by atoms with van der Waals surface area (Å²) in [7, 11) is 0. The van der Waals surface area contributed by atoms with Gasteiger partial charge >= 0.3 is 6.20 Å². The predicted molar refractivity (Wildman–Crippen MR) is 60.8 cm³/mol. The number of aliphatic hydroxyl groups excluding tert-OH is 1. The van der Waals surface area contributed by atoms with Gasteiger partial charge in [-0.1, -0.05) is 11.6 Å². The van der Waals surface area contributed by atoms with Crippen LogP contribution in [-0.2, 0) is 0 Å². The van der Waals surface area contributed by atoms with Crippen molar-refractivity contribution in [2.75, 3.05) is 0 Å². The second-order valence-corrected chi connectivity index (χ2v) is 3.60. The van der Waals surface area contributed by atoms with Crippen molar-refractivity contribution >= 4 is 17.4 Å². The van der Waals surface area contributed by atoms with Gasteiger partial charge < -0.3 is 5.11 Å². The Bertz CT molecular complexity index is 446. The number of halogens is 1. The number of nitrogens with zero attached hydrogens (tertiary/aromatic N) is 2. The Morgan fingerprint density at radius 3 is 2.56 bits per heavy atom. The van der Waals surface area contributed by atoms with E-state index in [4.69, 9.17) is 22.1 Å². The molecule has 0 fully saturated rings. The summed E-state index contributed by atoms with van der Waals surface area (Å²) in [6.45, 7) is 0. The van der Waals surface area contributed by atoms with Crippen LogP contribution in [0.25, 0.3) is 4.98 Å². The van der Waals surface area contributed by atoms with E-state index in [1.54, 1.807) is 24.3 Å². The van der Waals surface area contributed by atoms with Crippen molar-refractivity contribution in [2.24, 2.45) is 0 Å². The van der Waals surface area contributed by atoms with Crippen molar-refractivity contribution in [1.82, 2.24) is 0 Å². The first-order valence-electron chi connectivity index (χ1n) is 4.64. The Morgan fingerprint density at radius 1 is 1.38 bits per heavy atom. The number of hydrogen-bond donors (Lipinski definition) is 1. The zero-order valence-electron chi connectivity index (χ0n) is 8.43. The van der Waals surface area contributed by atoms with E-state index in [2.05, 4.69) is 4.98 Å². The fourth-order valence-electron chi connectivity index (χ4n) is 1.15. The van der Waals surface area contributed by atoms with Gasteiger partial charge in [0.2, 0.25) is 5.39 Å². The van der Waals surface area contributed by atoms with E-state index in [9.17, 15) is 4.79 Å².